The number of carbonyl (C=O) groups is 2. The van der Waals surface area contributed by atoms with Crippen molar-refractivity contribution in [2.24, 2.45) is 5.41 Å². The van der Waals surface area contributed by atoms with Gasteiger partial charge in [0.15, 0.2) is 0 Å². The van der Waals surface area contributed by atoms with Crippen molar-refractivity contribution in [3.8, 4) is 22.6 Å². The summed E-state index contributed by atoms with van der Waals surface area (Å²) < 4.78 is 93.5. The Morgan fingerprint density at radius 1 is 0.857 bits per heavy atom. The first-order chi connectivity index (χ1) is 23.2. The molecule has 2 N–H and O–H groups in total. The number of rotatable bonds is 11. The Morgan fingerprint density at radius 2 is 1.51 bits per heavy atom. The standard InChI is InChI=1S/C35H39F6N3O5/c1-48-28-12-11-23(20-43-15-3-4-16-43)30(49-2)29(28)26-10-6-8-24-22(7-5-9-25(24)26)19-27(31(45)46)42-32(47)33(35(39,40)41)13-17-44(18-14-33)21-34(36,37)38/h5-12,27H,3-4,13-21H2,1-2H3,(H,42,47)(H,45,46)/t27-/m0/s1. The Kier molecular flexibility index (Phi) is 10.7. The largest absolute Gasteiger partial charge is 0.496 e. The lowest BCUT2D eigenvalue weighted by Crippen LogP contribution is -2.59. The van der Waals surface area contributed by atoms with Crippen LogP contribution in [-0.2, 0) is 22.6 Å². The maximum Gasteiger partial charge on any atom is 0.403 e. The fraction of sp³-hybridized carbons (Fsp3) is 0.486. The summed E-state index contributed by atoms with van der Waals surface area (Å²) >= 11 is 0. The van der Waals surface area contributed by atoms with Gasteiger partial charge in [0, 0.05) is 18.5 Å². The molecule has 1 amide bonds. The van der Waals surface area contributed by atoms with E-state index in [9.17, 15) is 41.0 Å². The Labute approximate surface area is 279 Å². The van der Waals surface area contributed by atoms with Crippen LogP contribution in [0.25, 0.3) is 21.9 Å². The fourth-order valence-corrected chi connectivity index (χ4v) is 7.05. The topological polar surface area (TPSA) is 91.3 Å². The molecule has 2 aliphatic rings. The number of likely N-dealkylation sites (tertiary alicyclic amines) is 2. The van der Waals surface area contributed by atoms with E-state index in [0.717, 1.165) is 42.0 Å². The van der Waals surface area contributed by atoms with Gasteiger partial charge in [0.2, 0.25) is 5.91 Å². The average molecular weight is 696 g/mol. The molecule has 3 aromatic rings. The molecule has 5 rings (SSSR count). The van der Waals surface area contributed by atoms with E-state index in [0.29, 0.717) is 39.9 Å². The van der Waals surface area contributed by atoms with Crippen molar-refractivity contribution in [1.82, 2.24) is 15.1 Å². The number of carboxylic acids is 1. The number of ether oxygens (including phenoxy) is 2. The quantitative estimate of drug-likeness (QED) is 0.223. The molecule has 1 atom stereocenters. The summed E-state index contributed by atoms with van der Waals surface area (Å²) in [6.07, 6.45) is -9.69. The molecule has 2 heterocycles. The molecule has 2 fully saturated rings. The number of carboxylic acid groups (broad SMARTS) is 1. The van der Waals surface area contributed by atoms with Crippen LogP contribution in [0, 0.1) is 5.41 Å². The van der Waals surface area contributed by atoms with Crippen LogP contribution >= 0.6 is 0 Å². The lowest BCUT2D eigenvalue weighted by atomic mass is 9.76. The van der Waals surface area contributed by atoms with Gasteiger partial charge >= 0.3 is 18.3 Å². The van der Waals surface area contributed by atoms with Gasteiger partial charge in [-0.3, -0.25) is 14.6 Å². The van der Waals surface area contributed by atoms with E-state index in [1.807, 2.05) is 24.3 Å². The van der Waals surface area contributed by atoms with E-state index in [1.165, 1.54) is 0 Å². The molecule has 0 spiro atoms. The third kappa shape index (κ3) is 7.75. The van der Waals surface area contributed by atoms with Crippen LogP contribution in [0.4, 0.5) is 26.3 Å². The molecule has 0 aliphatic carbocycles. The molecule has 0 radical (unpaired) electrons. The van der Waals surface area contributed by atoms with Crippen molar-refractivity contribution in [3.63, 3.8) is 0 Å². The van der Waals surface area contributed by atoms with Crippen LogP contribution in [0.3, 0.4) is 0 Å². The summed E-state index contributed by atoms with van der Waals surface area (Å²) in [6, 6.07) is 12.7. The normalized spacial score (nSPS) is 18.0. The fourth-order valence-electron chi connectivity index (χ4n) is 7.05. The third-order valence-electron chi connectivity index (χ3n) is 9.62. The predicted molar refractivity (Wildman–Crippen MR) is 170 cm³/mol. The molecule has 14 heteroatoms. The van der Waals surface area contributed by atoms with Gasteiger partial charge in [-0.25, -0.2) is 4.79 Å². The first-order valence-electron chi connectivity index (χ1n) is 16.0. The molecule has 3 aromatic carbocycles. The molecule has 2 aliphatic heterocycles. The molecule has 266 valence electrons. The molecular weight excluding hydrogens is 656 g/mol. The first-order valence-corrected chi connectivity index (χ1v) is 16.0. The Balaban J connectivity index is 1.46. The van der Waals surface area contributed by atoms with E-state index in [1.54, 1.807) is 38.5 Å². The number of benzene rings is 3. The maximum atomic E-state index is 14.4. The number of hydrogen-bond acceptors (Lipinski definition) is 6. The number of amides is 1. The van der Waals surface area contributed by atoms with Crippen LogP contribution in [0.2, 0.25) is 0 Å². The average Bonchev–Trinajstić information content (AvgIpc) is 3.56. The van der Waals surface area contributed by atoms with Crippen LogP contribution < -0.4 is 14.8 Å². The monoisotopic (exact) mass is 695 g/mol. The molecule has 0 saturated carbocycles. The van der Waals surface area contributed by atoms with Gasteiger partial charge < -0.3 is 19.9 Å². The summed E-state index contributed by atoms with van der Waals surface area (Å²) in [4.78, 5) is 28.8. The highest BCUT2D eigenvalue weighted by molar-refractivity contribution is 6.01. The zero-order valence-electron chi connectivity index (χ0n) is 27.2. The highest BCUT2D eigenvalue weighted by Gasteiger charge is 2.61. The smallest absolute Gasteiger partial charge is 0.403 e. The number of alkyl halides is 6. The van der Waals surface area contributed by atoms with E-state index >= 15 is 0 Å². The van der Waals surface area contributed by atoms with E-state index in [4.69, 9.17) is 9.47 Å². The summed E-state index contributed by atoms with van der Waals surface area (Å²) in [5.41, 5.74) is -0.184. The first kappa shape index (κ1) is 36.2. The number of fused-ring (bicyclic) bond motifs is 1. The van der Waals surface area contributed by atoms with Gasteiger partial charge in [-0.1, -0.05) is 42.5 Å². The van der Waals surface area contributed by atoms with Crippen LogP contribution in [-0.4, -0.2) is 92.1 Å². The minimum Gasteiger partial charge on any atom is -0.496 e. The summed E-state index contributed by atoms with van der Waals surface area (Å²) in [7, 11) is 3.12. The van der Waals surface area contributed by atoms with Gasteiger partial charge in [0.25, 0.3) is 0 Å². The summed E-state index contributed by atoms with van der Waals surface area (Å²) in [5.74, 6) is -1.94. The van der Waals surface area contributed by atoms with Crippen molar-refractivity contribution in [3.05, 3.63) is 59.7 Å². The number of nitrogens with zero attached hydrogens (tertiary/aromatic N) is 2. The second-order valence-electron chi connectivity index (χ2n) is 12.7. The van der Waals surface area contributed by atoms with Gasteiger partial charge in [-0.05, 0) is 79.8 Å². The van der Waals surface area contributed by atoms with Gasteiger partial charge in [0.1, 0.15) is 23.0 Å². The summed E-state index contributed by atoms with van der Waals surface area (Å²) in [6.45, 7) is -0.0152. The zero-order chi connectivity index (χ0) is 35.6. The van der Waals surface area contributed by atoms with Crippen molar-refractivity contribution >= 4 is 22.6 Å². The highest BCUT2D eigenvalue weighted by Crippen LogP contribution is 2.47. The molecule has 0 aromatic heterocycles. The molecule has 49 heavy (non-hydrogen) atoms. The van der Waals surface area contributed by atoms with Crippen LogP contribution in [0.5, 0.6) is 11.5 Å². The van der Waals surface area contributed by atoms with E-state index in [-0.39, 0.29) is 6.42 Å². The molecular formula is C35H39F6N3O5. The van der Waals surface area contributed by atoms with Crippen molar-refractivity contribution in [1.29, 1.82) is 0 Å². The van der Waals surface area contributed by atoms with Crippen LogP contribution in [0.15, 0.2) is 48.5 Å². The summed E-state index contributed by atoms with van der Waals surface area (Å²) in [5, 5.41) is 13.5. The van der Waals surface area contributed by atoms with E-state index in [2.05, 4.69) is 10.2 Å². The zero-order valence-corrected chi connectivity index (χ0v) is 27.2. The number of piperidine rings is 1. The number of nitrogens with one attached hydrogen (secondary N) is 1. The SMILES string of the molecule is COc1ccc(CN2CCCC2)c(OC)c1-c1cccc2c(C[C@H](NC(=O)C3(C(F)(F)F)CCN(CC(F)(F)F)CC3)C(=O)O)cccc12. The minimum absolute atomic E-state index is 0.348. The Hall–Kier alpha value is -4.04. The van der Waals surface area contributed by atoms with Crippen molar-refractivity contribution in [2.75, 3.05) is 46.9 Å². The highest BCUT2D eigenvalue weighted by atomic mass is 19.4. The van der Waals surface area contributed by atoms with Crippen molar-refractivity contribution in [2.45, 2.75) is 57.0 Å². The minimum atomic E-state index is -5.11. The second kappa shape index (κ2) is 14.4. The maximum absolute atomic E-state index is 14.4. The number of halogens is 6. The third-order valence-corrected chi connectivity index (χ3v) is 9.62. The van der Waals surface area contributed by atoms with E-state index < -0.39 is 68.2 Å². The molecule has 2 saturated heterocycles. The number of aliphatic carboxylic acids is 1. The van der Waals surface area contributed by atoms with Gasteiger partial charge in [-0.2, -0.15) is 26.3 Å². The molecule has 0 unspecified atom stereocenters. The van der Waals surface area contributed by atoms with Crippen molar-refractivity contribution < 1.29 is 50.5 Å². The molecule has 0 bridgehead atoms. The van der Waals surface area contributed by atoms with Gasteiger partial charge in [0.05, 0.1) is 26.3 Å². The lowest BCUT2D eigenvalue weighted by Gasteiger charge is -2.42. The lowest BCUT2D eigenvalue weighted by molar-refractivity contribution is -0.236. The van der Waals surface area contributed by atoms with Crippen LogP contribution in [0.1, 0.15) is 36.8 Å². The van der Waals surface area contributed by atoms with Gasteiger partial charge in [-0.15, -0.1) is 0 Å². The Bertz CT molecular complexity index is 1660. The molecule has 8 nitrogen and oxygen atoms in total. The number of methoxy groups -OCH3 is 2. The number of carbonyl (C=O) groups excluding carboxylic acids is 1. The second-order valence-corrected chi connectivity index (χ2v) is 12.7. The number of hydrogen-bond donors (Lipinski definition) is 2. The Morgan fingerprint density at radius 3 is 2.10 bits per heavy atom. The predicted octanol–water partition coefficient (Wildman–Crippen LogP) is 6.44.